The van der Waals surface area contributed by atoms with Crippen molar-refractivity contribution in [3.63, 3.8) is 0 Å². The lowest BCUT2D eigenvalue weighted by molar-refractivity contribution is -0.113. The Morgan fingerprint density at radius 1 is 1.35 bits per heavy atom. The van der Waals surface area contributed by atoms with Gasteiger partial charge in [-0.15, -0.1) is 24.2 Å². The predicted molar refractivity (Wildman–Crippen MR) is 89.2 cm³/mol. The van der Waals surface area contributed by atoms with E-state index in [4.69, 9.17) is 10.5 Å². The van der Waals surface area contributed by atoms with Gasteiger partial charge in [-0.25, -0.2) is 9.78 Å². The van der Waals surface area contributed by atoms with Crippen molar-refractivity contribution in [2.24, 2.45) is 5.73 Å². The number of aromatic nitrogens is 1. The number of carbonyl (C=O) groups is 2. The highest BCUT2D eigenvalue weighted by molar-refractivity contribution is 8.00. The average molecular weight is 357 g/mol. The molecule has 3 N–H and O–H groups in total. The molecule has 1 aromatic rings. The normalized spacial score (nSPS) is 29.1. The summed E-state index contributed by atoms with van der Waals surface area (Å²) in [6.45, 7) is 0. The second-order valence-corrected chi connectivity index (χ2v) is 6.80. The van der Waals surface area contributed by atoms with Crippen molar-refractivity contribution in [3.8, 4) is 0 Å². The lowest BCUT2D eigenvalue weighted by Crippen LogP contribution is -2.44. The molecule has 2 fully saturated rings. The lowest BCUT2D eigenvalue weighted by atomic mass is 9.89. The van der Waals surface area contributed by atoms with Crippen LogP contribution >= 0.6 is 24.2 Å². The molecule has 0 spiro atoms. The Morgan fingerprint density at radius 2 is 2.17 bits per heavy atom. The zero-order valence-electron chi connectivity index (χ0n) is 12.2. The molecular weight excluding hydrogens is 340 g/mol. The van der Waals surface area contributed by atoms with Gasteiger partial charge in [-0.2, -0.15) is 0 Å². The third-order valence-electron chi connectivity index (χ3n) is 4.28. The number of hydrogen-bond acceptors (Lipinski definition) is 6. The molecule has 0 aromatic carbocycles. The minimum Gasteiger partial charge on any atom is -0.444 e. The Bertz CT molecular complexity index is 659. The molecule has 2 amide bonds. The van der Waals surface area contributed by atoms with Gasteiger partial charge in [0.15, 0.2) is 0 Å². The van der Waals surface area contributed by atoms with E-state index in [1.54, 1.807) is 4.90 Å². The molecule has 2 aliphatic heterocycles. The third-order valence-corrected chi connectivity index (χ3v) is 5.33. The summed E-state index contributed by atoms with van der Waals surface area (Å²) < 4.78 is 5.44. The van der Waals surface area contributed by atoms with E-state index in [-0.39, 0.29) is 42.6 Å². The Kier molecular flexibility index (Phi) is 4.39. The van der Waals surface area contributed by atoms with Crippen LogP contribution in [0.25, 0.3) is 0 Å². The van der Waals surface area contributed by atoms with Crippen LogP contribution in [0.3, 0.4) is 0 Å². The number of amides is 2. The third kappa shape index (κ3) is 2.86. The van der Waals surface area contributed by atoms with Crippen molar-refractivity contribution in [2.75, 3.05) is 16.0 Å². The number of rotatable bonds is 1. The van der Waals surface area contributed by atoms with Crippen molar-refractivity contribution in [2.45, 2.75) is 42.3 Å². The Morgan fingerprint density at radius 3 is 3.00 bits per heavy atom. The molecule has 1 saturated heterocycles. The number of ether oxygens (including phenoxy) is 1. The van der Waals surface area contributed by atoms with E-state index in [1.807, 2.05) is 12.1 Å². The van der Waals surface area contributed by atoms with Gasteiger partial charge >= 0.3 is 6.09 Å². The van der Waals surface area contributed by atoms with Gasteiger partial charge in [0.05, 0.1) is 16.7 Å². The Labute approximate surface area is 143 Å². The van der Waals surface area contributed by atoms with Crippen LogP contribution < -0.4 is 16.0 Å². The van der Waals surface area contributed by atoms with Crippen LogP contribution in [0.4, 0.5) is 16.4 Å². The first kappa shape index (κ1) is 16.4. The van der Waals surface area contributed by atoms with Crippen molar-refractivity contribution in [3.05, 3.63) is 12.1 Å². The smallest absolute Gasteiger partial charge is 0.416 e. The van der Waals surface area contributed by atoms with Crippen LogP contribution in [0.15, 0.2) is 17.0 Å². The lowest BCUT2D eigenvalue weighted by Gasteiger charge is -2.30. The number of halogens is 1. The van der Waals surface area contributed by atoms with Gasteiger partial charge in [0, 0.05) is 12.5 Å². The molecule has 124 valence electrons. The number of fused-ring (bicyclic) bond motifs is 2. The van der Waals surface area contributed by atoms with Gasteiger partial charge in [0.1, 0.15) is 17.7 Å². The summed E-state index contributed by atoms with van der Waals surface area (Å²) in [6.07, 6.45) is 1.80. The summed E-state index contributed by atoms with van der Waals surface area (Å²) in [5, 5.41) is 2.75. The minimum atomic E-state index is -0.383. The number of anilines is 2. The first-order valence-corrected chi connectivity index (χ1v) is 8.29. The van der Waals surface area contributed by atoms with E-state index in [9.17, 15) is 9.59 Å². The standard InChI is InChI=1S/C14H16N4O3S.ClH/c15-7-1-2-8-9(5-7)21-14(20)18(8)11-4-3-10-13(16-11)17-12(19)6-22-10;/h3-4,7-9H,1-2,5-6,15H2,(H,16,17,19);1H/t7-,8-,9-;/m0./s1. The molecule has 0 unspecified atom stereocenters. The monoisotopic (exact) mass is 356 g/mol. The SMILES string of the molecule is Cl.N[C@H]1CC[C@H]2[C@H](C1)OC(=O)N2c1ccc2c(n1)NC(=O)CS2. The summed E-state index contributed by atoms with van der Waals surface area (Å²) in [6, 6.07) is 3.75. The number of hydrogen-bond donors (Lipinski definition) is 2. The van der Waals surface area contributed by atoms with Crippen molar-refractivity contribution < 1.29 is 14.3 Å². The summed E-state index contributed by atoms with van der Waals surface area (Å²) in [4.78, 5) is 30.7. The molecule has 3 heterocycles. The highest BCUT2D eigenvalue weighted by atomic mass is 35.5. The van der Waals surface area contributed by atoms with Crippen LogP contribution in [0.2, 0.25) is 0 Å². The highest BCUT2D eigenvalue weighted by Gasteiger charge is 2.46. The van der Waals surface area contributed by atoms with Crippen LogP contribution in [0.1, 0.15) is 19.3 Å². The zero-order valence-corrected chi connectivity index (χ0v) is 13.9. The van der Waals surface area contributed by atoms with E-state index in [0.717, 1.165) is 17.7 Å². The van der Waals surface area contributed by atoms with Crippen molar-refractivity contribution in [1.29, 1.82) is 0 Å². The second-order valence-electron chi connectivity index (χ2n) is 5.79. The van der Waals surface area contributed by atoms with Crippen LogP contribution in [-0.4, -0.2) is 40.9 Å². The molecule has 0 bridgehead atoms. The molecule has 1 aliphatic carbocycles. The first-order chi connectivity index (χ1) is 10.6. The number of pyridine rings is 1. The molecule has 9 heteroatoms. The molecule has 1 aromatic heterocycles. The summed E-state index contributed by atoms with van der Waals surface area (Å²) >= 11 is 1.45. The second kappa shape index (κ2) is 6.18. The number of nitrogens with two attached hydrogens (primary N) is 1. The fourth-order valence-corrected chi connectivity index (χ4v) is 4.00. The number of thioether (sulfide) groups is 1. The zero-order chi connectivity index (χ0) is 15.3. The molecular formula is C14H17ClN4O3S. The quantitative estimate of drug-likeness (QED) is 0.795. The van der Waals surface area contributed by atoms with Crippen LogP contribution in [0, 0.1) is 0 Å². The molecule has 3 aliphatic rings. The van der Waals surface area contributed by atoms with Gasteiger partial charge in [0.25, 0.3) is 0 Å². The first-order valence-electron chi connectivity index (χ1n) is 7.31. The van der Waals surface area contributed by atoms with Gasteiger partial charge in [-0.1, -0.05) is 0 Å². The summed E-state index contributed by atoms with van der Waals surface area (Å²) in [5.41, 5.74) is 5.95. The van der Waals surface area contributed by atoms with E-state index in [0.29, 0.717) is 23.8 Å². The van der Waals surface area contributed by atoms with Crippen LogP contribution in [0.5, 0.6) is 0 Å². The van der Waals surface area contributed by atoms with E-state index in [1.165, 1.54) is 11.8 Å². The van der Waals surface area contributed by atoms with Gasteiger partial charge in [-0.05, 0) is 25.0 Å². The topological polar surface area (TPSA) is 97.6 Å². The van der Waals surface area contributed by atoms with Crippen molar-refractivity contribution in [1.82, 2.24) is 4.98 Å². The largest absolute Gasteiger partial charge is 0.444 e. The van der Waals surface area contributed by atoms with Crippen LogP contribution in [-0.2, 0) is 9.53 Å². The Hall–Kier alpha value is -1.51. The number of nitrogens with zero attached hydrogens (tertiary/aromatic N) is 2. The fourth-order valence-electron chi connectivity index (χ4n) is 3.24. The maximum atomic E-state index is 12.2. The predicted octanol–water partition coefficient (Wildman–Crippen LogP) is 1.75. The molecule has 0 radical (unpaired) electrons. The average Bonchev–Trinajstić information content (AvgIpc) is 2.81. The molecule has 7 nitrogen and oxygen atoms in total. The molecule has 3 atom stereocenters. The fraction of sp³-hybridized carbons (Fsp3) is 0.500. The molecule has 4 rings (SSSR count). The Balaban J connectivity index is 0.00000156. The van der Waals surface area contributed by atoms with E-state index < -0.39 is 0 Å². The van der Waals surface area contributed by atoms with Gasteiger partial charge < -0.3 is 15.8 Å². The van der Waals surface area contributed by atoms with E-state index in [2.05, 4.69) is 10.3 Å². The number of carbonyl (C=O) groups excluding carboxylic acids is 2. The van der Waals surface area contributed by atoms with Gasteiger partial charge in [0.2, 0.25) is 5.91 Å². The highest BCUT2D eigenvalue weighted by Crippen LogP contribution is 2.37. The molecule has 23 heavy (non-hydrogen) atoms. The van der Waals surface area contributed by atoms with Crippen molar-refractivity contribution >= 4 is 47.8 Å². The molecule has 1 saturated carbocycles. The summed E-state index contributed by atoms with van der Waals surface area (Å²) in [5.74, 6) is 1.35. The maximum Gasteiger partial charge on any atom is 0.416 e. The van der Waals surface area contributed by atoms with Gasteiger partial charge in [-0.3, -0.25) is 9.69 Å². The summed E-state index contributed by atoms with van der Waals surface area (Å²) in [7, 11) is 0. The maximum absolute atomic E-state index is 12.2. The van der Waals surface area contributed by atoms with E-state index >= 15 is 0 Å². The minimum absolute atomic E-state index is 0. The number of nitrogens with one attached hydrogen (secondary N) is 1.